The Balaban J connectivity index is 0.916. The lowest BCUT2D eigenvalue weighted by molar-refractivity contribution is -0.286. The Morgan fingerprint density at radius 3 is 1.37 bits per heavy atom. The molecule has 0 aliphatic carbocycles. The molecule has 112 heavy (non-hydrogen) atoms. The van der Waals surface area contributed by atoms with Gasteiger partial charge in [-0.15, -0.1) is 0 Å². The number of carbonyl (C=O) groups is 8. The fourth-order valence-corrected chi connectivity index (χ4v) is 12.3. The van der Waals surface area contributed by atoms with E-state index in [0.29, 0.717) is 67.6 Å². The summed E-state index contributed by atoms with van der Waals surface area (Å²) in [5, 5.41) is 262. The zero-order valence-corrected chi connectivity index (χ0v) is 55.5. The third-order valence-corrected chi connectivity index (χ3v) is 17.5. The van der Waals surface area contributed by atoms with Crippen molar-refractivity contribution >= 4 is 47.8 Å². The number of aliphatic hydroxyl groups excluding tert-OH is 2. The number of aromatic hydroxyl groups is 22. The summed E-state index contributed by atoms with van der Waals surface area (Å²) in [5.41, 5.74) is -14.0. The Kier molecular flexibility index (Phi) is 19.4. The number of fused-ring (bicyclic) bond motifs is 8. The zero-order valence-electron chi connectivity index (χ0n) is 55.5. The van der Waals surface area contributed by atoms with Crippen molar-refractivity contribution in [1.82, 2.24) is 0 Å². The van der Waals surface area contributed by atoms with E-state index in [0.717, 1.165) is 0 Å². The summed E-state index contributed by atoms with van der Waals surface area (Å²) in [6.45, 7) is -1.95. The van der Waals surface area contributed by atoms with Gasteiger partial charge in [-0.2, -0.15) is 0 Å². The van der Waals surface area contributed by atoms with Crippen LogP contribution >= 0.6 is 0 Å². The van der Waals surface area contributed by atoms with Gasteiger partial charge in [0, 0.05) is 52.4 Å². The largest absolute Gasteiger partial charge is 0.508 e. The van der Waals surface area contributed by atoms with Crippen LogP contribution in [0.15, 0.2) is 66.7 Å². The standard InChI is InChI=1S/C69H52O43/c1-15(70)104-59-57-35(14-103-63(96)21-9-29(76)46(85)51(90)39(21)40-23(66(99)109-57)11-31(78)47(86)52(40)91)107-69(60(59)111-64(97)20-8-28(75)44(83)49(88)36(20)18-2-3-25(72)43(82)41(18)80)112-67(100)24-12-32(79)48(87)53(92)55(24)105-33-5-16(4-27(74)42(33)81)61(94)110-58-54(93)56-34(106-68(58)101)13-102-62(95)19-6-17(71)7-26(73)37(19)38-22(65(98)108-56)10-30(77)45(84)50(38)89/h2-12,34-35,54,56-60,68-69,71-93,101H,13-14H2,1H3/t34?,35-,54-,56+,57-,58+,59-,60+,68+,69-/m0/s1. The first kappa shape index (κ1) is 76.4. The first-order valence-electron chi connectivity index (χ1n) is 31.4. The molecular weight excluding hydrogens is 1520 g/mol. The number of benzene rings is 8. The maximum atomic E-state index is 15.1. The maximum absolute atomic E-state index is 15.1. The third-order valence-electron chi connectivity index (χ3n) is 17.5. The van der Waals surface area contributed by atoms with Gasteiger partial charge in [0.15, 0.2) is 111 Å². The highest BCUT2D eigenvalue weighted by atomic mass is 16.8. The number of phenols is 22. The number of rotatable bonds is 10. The van der Waals surface area contributed by atoms with Gasteiger partial charge < -0.3 is 175 Å². The van der Waals surface area contributed by atoms with Crippen LogP contribution in [-0.2, 0) is 52.2 Å². The first-order chi connectivity index (χ1) is 52.7. The topological polar surface area (TPSA) is 724 Å². The molecule has 8 aromatic rings. The van der Waals surface area contributed by atoms with Gasteiger partial charge in [-0.3, -0.25) is 4.79 Å². The van der Waals surface area contributed by atoms with Crippen LogP contribution in [0.4, 0.5) is 0 Å². The minimum Gasteiger partial charge on any atom is -0.508 e. The van der Waals surface area contributed by atoms with E-state index in [9.17, 15) is 156 Å². The van der Waals surface area contributed by atoms with Crippen molar-refractivity contribution in [3.63, 3.8) is 0 Å². The second kappa shape index (κ2) is 28.5. The molecule has 8 aromatic carbocycles. The lowest BCUT2D eigenvalue weighted by Gasteiger charge is -2.43. The molecule has 0 bridgehead atoms. The van der Waals surface area contributed by atoms with Gasteiger partial charge >= 0.3 is 47.8 Å². The summed E-state index contributed by atoms with van der Waals surface area (Å²) in [4.78, 5) is 115. The third kappa shape index (κ3) is 13.1. The lowest BCUT2D eigenvalue weighted by atomic mass is 9.92. The predicted octanol–water partition coefficient (Wildman–Crippen LogP) is 2.44. The second-order valence-electron chi connectivity index (χ2n) is 24.4. The molecule has 4 aliphatic rings. The minimum absolute atomic E-state index is 0.192. The van der Waals surface area contributed by atoms with Crippen molar-refractivity contribution in [2.45, 2.75) is 68.3 Å². The number of esters is 8. The van der Waals surface area contributed by atoms with Gasteiger partial charge in [0.05, 0.1) is 33.4 Å². The van der Waals surface area contributed by atoms with E-state index >= 15 is 4.79 Å². The molecule has 0 amide bonds. The molecule has 4 aliphatic heterocycles. The first-order valence-corrected chi connectivity index (χ1v) is 31.4. The zero-order chi connectivity index (χ0) is 81.7. The van der Waals surface area contributed by atoms with Crippen LogP contribution in [0, 0.1) is 0 Å². The van der Waals surface area contributed by atoms with Gasteiger partial charge in [-0.25, -0.2) is 33.6 Å². The second-order valence-corrected chi connectivity index (χ2v) is 24.4. The van der Waals surface area contributed by atoms with Gasteiger partial charge in [-0.1, -0.05) is 0 Å². The summed E-state index contributed by atoms with van der Waals surface area (Å²) >= 11 is 0. The Labute approximate surface area is 617 Å². The summed E-state index contributed by atoms with van der Waals surface area (Å²) < 4.78 is 61.2. The van der Waals surface area contributed by atoms with Crippen LogP contribution in [0.1, 0.15) is 79.4 Å². The van der Waals surface area contributed by atoms with Crippen LogP contribution in [0.5, 0.6) is 138 Å². The highest BCUT2D eigenvalue weighted by Crippen LogP contribution is 2.57. The van der Waals surface area contributed by atoms with Crippen molar-refractivity contribution in [2.75, 3.05) is 13.2 Å². The normalized spacial score (nSPS) is 20.7. The van der Waals surface area contributed by atoms with Gasteiger partial charge in [0.25, 0.3) is 0 Å². The number of aliphatic hydroxyl groups is 2. The highest BCUT2D eigenvalue weighted by Gasteiger charge is 2.56. The van der Waals surface area contributed by atoms with Crippen molar-refractivity contribution in [3.8, 4) is 171 Å². The summed E-state index contributed by atoms with van der Waals surface area (Å²) in [6.07, 6.45) is -25.4. The van der Waals surface area contributed by atoms with E-state index < -0.39 is 333 Å². The average molecular weight is 1570 g/mol. The monoisotopic (exact) mass is 1570 g/mol. The molecule has 0 spiro atoms. The van der Waals surface area contributed by atoms with E-state index in [1.54, 1.807) is 0 Å². The predicted molar refractivity (Wildman–Crippen MR) is 349 cm³/mol. The Morgan fingerprint density at radius 2 is 0.812 bits per heavy atom. The molecule has 0 radical (unpaired) electrons. The lowest BCUT2D eigenvalue weighted by Crippen LogP contribution is -2.63. The van der Waals surface area contributed by atoms with Crippen molar-refractivity contribution in [1.29, 1.82) is 0 Å². The van der Waals surface area contributed by atoms with E-state index in [-0.39, 0.29) is 6.07 Å². The number of carbonyl (C=O) groups excluding carboxylic acids is 8. The molecule has 586 valence electrons. The van der Waals surface area contributed by atoms with Crippen LogP contribution in [-0.4, -0.2) is 245 Å². The maximum Gasteiger partial charge on any atom is 0.344 e. The van der Waals surface area contributed by atoms with E-state index in [1.165, 1.54) is 0 Å². The van der Waals surface area contributed by atoms with E-state index in [4.69, 9.17) is 52.1 Å². The smallest absolute Gasteiger partial charge is 0.344 e. The number of hydrogen-bond acceptors (Lipinski definition) is 43. The number of hydrogen-bond donors (Lipinski definition) is 24. The Hall–Kier alpha value is -15.2. The Morgan fingerprint density at radius 1 is 0.366 bits per heavy atom. The molecule has 43 nitrogen and oxygen atoms in total. The van der Waals surface area contributed by atoms with E-state index in [1.807, 2.05) is 0 Å². The summed E-state index contributed by atoms with van der Waals surface area (Å²) in [5.74, 6) is -47.6. The molecule has 43 heteroatoms. The fourth-order valence-electron chi connectivity index (χ4n) is 12.3. The molecule has 2 saturated heterocycles. The average Bonchev–Trinajstić information content (AvgIpc) is 1.29. The van der Waals surface area contributed by atoms with E-state index in [2.05, 4.69) is 0 Å². The van der Waals surface area contributed by atoms with Crippen LogP contribution in [0.2, 0.25) is 0 Å². The van der Waals surface area contributed by atoms with Gasteiger partial charge in [0.2, 0.25) is 58.4 Å². The van der Waals surface area contributed by atoms with Crippen molar-refractivity contribution < 1.29 is 213 Å². The molecule has 12 rings (SSSR count). The molecule has 1 unspecified atom stereocenters. The van der Waals surface area contributed by atoms with Gasteiger partial charge in [-0.05, 0) is 54.6 Å². The molecule has 2 fully saturated rings. The van der Waals surface area contributed by atoms with Crippen molar-refractivity contribution in [3.05, 3.63) is 106 Å². The highest BCUT2D eigenvalue weighted by molar-refractivity contribution is 6.10. The summed E-state index contributed by atoms with van der Waals surface area (Å²) in [6, 6.07) is 5.12. The van der Waals surface area contributed by atoms with Crippen molar-refractivity contribution in [2.24, 2.45) is 0 Å². The quantitative estimate of drug-likeness (QED) is 0.0531. The number of ether oxygens (including phenoxy) is 11. The molecular formula is C69H52O43. The summed E-state index contributed by atoms with van der Waals surface area (Å²) in [7, 11) is 0. The Bertz CT molecular complexity index is 5390. The fraction of sp³-hybridized carbons (Fsp3) is 0.188. The molecule has 0 saturated carbocycles. The van der Waals surface area contributed by atoms with Crippen LogP contribution in [0.25, 0.3) is 33.4 Å². The number of phenolic OH excluding ortho intramolecular Hbond substituents is 22. The molecule has 4 heterocycles. The molecule has 10 atom stereocenters. The SMILES string of the molecule is CC(=O)O[C@H]1[C@H]2OC(=O)c3cc(O)c(O)c(O)c3-c3c(cc(O)c(O)c3O)C(=O)OC[C@@H]2O[C@@H](OC(=O)c2cc(O)c(O)c(O)c2Oc2cc(C(=O)O[C@@H]3[C@@H](O)[C@@H]4OC(=O)c5cc(O)c(O)c(O)c5-c5c(O)cc(O)cc5C(=O)OCC4O[C@H]3O)cc(O)c2O)[C@@H]1OC(=O)c1cc(O)c(O)c(O)c1-c1ccc(O)c(O)c1O. The molecule has 0 aromatic heterocycles. The van der Waals surface area contributed by atoms with Crippen LogP contribution in [0.3, 0.4) is 0 Å². The number of cyclic esters (lactones) is 2. The molecule has 24 N–H and O–H groups in total. The van der Waals surface area contributed by atoms with Gasteiger partial charge in [0.1, 0.15) is 48.6 Å². The van der Waals surface area contributed by atoms with Crippen LogP contribution < -0.4 is 4.74 Å². The minimum atomic E-state index is -2.96.